The number of aromatic nitrogens is 3. The van der Waals surface area contributed by atoms with Gasteiger partial charge in [-0.3, -0.25) is 4.79 Å². The van der Waals surface area contributed by atoms with Crippen LogP contribution in [0.2, 0.25) is 0 Å². The number of benzene rings is 1. The second kappa shape index (κ2) is 7.69. The highest BCUT2D eigenvalue weighted by Crippen LogP contribution is 2.20. The van der Waals surface area contributed by atoms with Gasteiger partial charge in [-0.15, -0.1) is 5.10 Å². The molecule has 2 heterocycles. The Morgan fingerprint density at radius 3 is 2.64 bits per heavy atom. The minimum absolute atomic E-state index is 0.255. The van der Waals surface area contributed by atoms with Crippen LogP contribution < -0.4 is 10.6 Å². The van der Waals surface area contributed by atoms with Crippen molar-refractivity contribution in [3.05, 3.63) is 46.8 Å². The Bertz CT molecular complexity index is 735. The molecular formula is C17H21F2N5O. The third-order valence-electron chi connectivity index (χ3n) is 4.42. The smallest absolute Gasteiger partial charge is 0.273 e. The Labute approximate surface area is 144 Å². The maximum Gasteiger partial charge on any atom is 0.273 e. The summed E-state index contributed by atoms with van der Waals surface area (Å²) in [5, 5.41) is 14.2. The number of nitrogens with zero attached hydrogens (tertiary/aromatic N) is 3. The van der Waals surface area contributed by atoms with Gasteiger partial charge in [-0.05, 0) is 57.0 Å². The molecule has 2 N–H and O–H groups in total. The van der Waals surface area contributed by atoms with E-state index in [4.69, 9.17) is 0 Å². The third kappa shape index (κ3) is 4.19. The van der Waals surface area contributed by atoms with Crippen LogP contribution >= 0.6 is 0 Å². The van der Waals surface area contributed by atoms with Gasteiger partial charge < -0.3 is 10.6 Å². The first-order valence-corrected chi connectivity index (χ1v) is 8.40. The number of carbonyl (C=O) groups excluding carboxylic acids is 1. The van der Waals surface area contributed by atoms with Gasteiger partial charge in [0.1, 0.15) is 11.6 Å². The zero-order valence-corrected chi connectivity index (χ0v) is 14.1. The van der Waals surface area contributed by atoms with Crippen molar-refractivity contribution in [1.82, 2.24) is 25.6 Å². The molecular weight excluding hydrogens is 328 g/mol. The number of hydrogen-bond acceptors (Lipinski definition) is 4. The van der Waals surface area contributed by atoms with E-state index in [0.29, 0.717) is 17.7 Å². The lowest BCUT2D eigenvalue weighted by atomic mass is 10.1. The highest BCUT2D eigenvalue weighted by molar-refractivity contribution is 5.93. The predicted molar refractivity (Wildman–Crippen MR) is 88.3 cm³/mol. The molecule has 1 fully saturated rings. The van der Waals surface area contributed by atoms with Crippen molar-refractivity contribution in [3.8, 4) is 0 Å². The van der Waals surface area contributed by atoms with Gasteiger partial charge >= 0.3 is 0 Å². The van der Waals surface area contributed by atoms with Gasteiger partial charge in [0.05, 0.1) is 11.7 Å². The summed E-state index contributed by atoms with van der Waals surface area (Å²) in [7, 11) is 0. The van der Waals surface area contributed by atoms with E-state index in [2.05, 4.69) is 20.9 Å². The molecule has 0 unspecified atom stereocenters. The Morgan fingerprint density at radius 2 is 1.96 bits per heavy atom. The van der Waals surface area contributed by atoms with E-state index in [-0.39, 0.29) is 18.5 Å². The number of halogens is 2. The van der Waals surface area contributed by atoms with Gasteiger partial charge in [0.25, 0.3) is 5.91 Å². The number of nitrogens with one attached hydrogen (secondary N) is 2. The quantitative estimate of drug-likeness (QED) is 0.863. The van der Waals surface area contributed by atoms with Gasteiger partial charge in [-0.2, -0.15) is 0 Å². The normalized spacial score (nSPS) is 15.3. The molecule has 1 saturated heterocycles. The summed E-state index contributed by atoms with van der Waals surface area (Å²) in [4.78, 5) is 12.3. The second-order valence-corrected chi connectivity index (χ2v) is 6.23. The maximum atomic E-state index is 13.2. The third-order valence-corrected chi connectivity index (χ3v) is 4.42. The molecule has 8 heteroatoms. The molecule has 2 aromatic rings. The van der Waals surface area contributed by atoms with E-state index in [9.17, 15) is 13.6 Å². The van der Waals surface area contributed by atoms with Gasteiger partial charge in [0.15, 0.2) is 5.69 Å². The first kappa shape index (κ1) is 17.5. The first-order chi connectivity index (χ1) is 12.0. The minimum Gasteiger partial charge on any atom is -0.350 e. The van der Waals surface area contributed by atoms with E-state index >= 15 is 0 Å². The molecule has 0 radical (unpaired) electrons. The SMILES string of the molecule is Cc1c(C(=O)NCCc2cc(F)cc(F)c2)nnn1C1CCNCC1. The van der Waals surface area contributed by atoms with Gasteiger partial charge in [-0.25, -0.2) is 13.5 Å². The van der Waals surface area contributed by atoms with Crippen LogP contribution in [0.5, 0.6) is 0 Å². The predicted octanol–water partition coefficient (Wildman–Crippen LogP) is 1.76. The summed E-state index contributed by atoms with van der Waals surface area (Å²) >= 11 is 0. The lowest BCUT2D eigenvalue weighted by Crippen LogP contribution is -2.30. The zero-order valence-electron chi connectivity index (χ0n) is 14.1. The number of hydrogen-bond donors (Lipinski definition) is 2. The second-order valence-electron chi connectivity index (χ2n) is 6.23. The van der Waals surface area contributed by atoms with Crippen LogP contribution in [-0.2, 0) is 6.42 Å². The summed E-state index contributed by atoms with van der Waals surface area (Å²) in [5.74, 6) is -1.57. The lowest BCUT2D eigenvalue weighted by molar-refractivity contribution is 0.0948. The average molecular weight is 349 g/mol. The highest BCUT2D eigenvalue weighted by atomic mass is 19.1. The molecule has 3 rings (SSSR count). The van der Waals surface area contributed by atoms with E-state index < -0.39 is 11.6 Å². The summed E-state index contributed by atoms with van der Waals surface area (Å²) in [5.41, 5.74) is 1.53. The topological polar surface area (TPSA) is 71.8 Å². The minimum atomic E-state index is -0.623. The molecule has 1 aliphatic heterocycles. The highest BCUT2D eigenvalue weighted by Gasteiger charge is 2.22. The molecule has 1 aromatic heterocycles. The lowest BCUT2D eigenvalue weighted by Gasteiger charge is -2.23. The van der Waals surface area contributed by atoms with Gasteiger partial charge in [0.2, 0.25) is 0 Å². The van der Waals surface area contributed by atoms with Gasteiger partial charge in [-0.1, -0.05) is 5.21 Å². The summed E-state index contributed by atoms with van der Waals surface area (Å²) in [6.07, 6.45) is 2.24. The fraction of sp³-hybridized carbons (Fsp3) is 0.471. The largest absolute Gasteiger partial charge is 0.350 e. The number of rotatable bonds is 5. The van der Waals surface area contributed by atoms with Crippen molar-refractivity contribution in [2.75, 3.05) is 19.6 Å². The van der Waals surface area contributed by atoms with Crippen molar-refractivity contribution in [2.24, 2.45) is 0 Å². The van der Waals surface area contributed by atoms with Gasteiger partial charge in [0, 0.05) is 12.6 Å². The molecule has 1 aromatic carbocycles. The van der Waals surface area contributed by atoms with Crippen LogP contribution in [0.1, 0.15) is 40.6 Å². The summed E-state index contributed by atoms with van der Waals surface area (Å²) in [6, 6.07) is 3.59. The molecule has 1 aliphatic rings. The molecule has 0 aliphatic carbocycles. The molecule has 0 spiro atoms. The fourth-order valence-electron chi connectivity index (χ4n) is 3.11. The fourth-order valence-corrected chi connectivity index (χ4v) is 3.11. The maximum absolute atomic E-state index is 13.2. The zero-order chi connectivity index (χ0) is 17.8. The van der Waals surface area contributed by atoms with Crippen molar-refractivity contribution in [3.63, 3.8) is 0 Å². The monoisotopic (exact) mass is 349 g/mol. The molecule has 0 atom stereocenters. The Kier molecular flexibility index (Phi) is 5.37. The molecule has 1 amide bonds. The molecule has 6 nitrogen and oxygen atoms in total. The van der Waals surface area contributed by atoms with Crippen molar-refractivity contribution in [2.45, 2.75) is 32.2 Å². The number of carbonyl (C=O) groups is 1. The van der Waals surface area contributed by atoms with Crippen LogP contribution in [0, 0.1) is 18.6 Å². The van der Waals surface area contributed by atoms with E-state index in [0.717, 1.165) is 37.7 Å². The van der Waals surface area contributed by atoms with Crippen molar-refractivity contribution < 1.29 is 13.6 Å². The standard InChI is InChI=1S/C17H21F2N5O/c1-11-16(22-23-24(11)15-3-5-20-6-4-15)17(25)21-7-2-12-8-13(18)10-14(19)9-12/h8-10,15,20H,2-7H2,1H3,(H,21,25). The summed E-state index contributed by atoms with van der Waals surface area (Å²) < 4.78 is 28.1. The molecule has 0 bridgehead atoms. The first-order valence-electron chi connectivity index (χ1n) is 8.40. The van der Waals surface area contributed by atoms with E-state index in [1.165, 1.54) is 12.1 Å². The Morgan fingerprint density at radius 1 is 1.28 bits per heavy atom. The van der Waals surface area contributed by atoms with Crippen molar-refractivity contribution in [1.29, 1.82) is 0 Å². The Hall–Kier alpha value is -2.35. The molecule has 0 saturated carbocycles. The van der Waals surface area contributed by atoms with E-state index in [1.54, 1.807) is 0 Å². The number of piperidine rings is 1. The van der Waals surface area contributed by atoms with Crippen molar-refractivity contribution >= 4 is 5.91 Å². The Balaban J connectivity index is 1.59. The average Bonchev–Trinajstić information content (AvgIpc) is 2.96. The molecule has 134 valence electrons. The van der Waals surface area contributed by atoms with Crippen LogP contribution in [0.15, 0.2) is 18.2 Å². The van der Waals surface area contributed by atoms with Crippen LogP contribution in [0.25, 0.3) is 0 Å². The van der Waals surface area contributed by atoms with E-state index in [1.807, 2.05) is 11.6 Å². The number of amides is 1. The van der Waals surface area contributed by atoms with Crippen LogP contribution in [-0.4, -0.2) is 40.5 Å². The molecule has 25 heavy (non-hydrogen) atoms. The van der Waals surface area contributed by atoms with Crippen LogP contribution in [0.4, 0.5) is 8.78 Å². The summed E-state index contributed by atoms with van der Waals surface area (Å²) in [6.45, 7) is 3.95. The van der Waals surface area contributed by atoms with Crippen LogP contribution in [0.3, 0.4) is 0 Å².